The molecule has 1 unspecified atom stereocenters. The predicted molar refractivity (Wildman–Crippen MR) is 103 cm³/mol. The smallest absolute Gasteiger partial charge is 0.256 e. The molecule has 0 bridgehead atoms. The van der Waals surface area contributed by atoms with Crippen molar-refractivity contribution in [3.63, 3.8) is 0 Å². The molecule has 0 spiro atoms. The van der Waals surface area contributed by atoms with Crippen LogP contribution in [0.15, 0.2) is 54.4 Å². The van der Waals surface area contributed by atoms with Crippen molar-refractivity contribution in [2.75, 3.05) is 6.54 Å². The van der Waals surface area contributed by atoms with Gasteiger partial charge in [-0.2, -0.15) is 5.10 Å². The minimum Gasteiger partial charge on any atom is -0.336 e. The number of likely N-dealkylation sites (tertiary alicyclic amines) is 1. The number of para-hydroxylation sites is 1. The molecule has 1 fully saturated rings. The summed E-state index contributed by atoms with van der Waals surface area (Å²) in [5.41, 5.74) is 1.48. The monoisotopic (exact) mass is 366 g/mol. The van der Waals surface area contributed by atoms with Crippen LogP contribution in [0.4, 0.5) is 0 Å². The minimum absolute atomic E-state index is 0.104. The number of amides is 1. The van der Waals surface area contributed by atoms with Gasteiger partial charge < -0.3 is 4.90 Å². The van der Waals surface area contributed by atoms with E-state index in [1.54, 1.807) is 22.3 Å². The molecule has 0 saturated carbocycles. The molecule has 4 rings (SSSR count). The Morgan fingerprint density at radius 3 is 2.92 bits per heavy atom. The summed E-state index contributed by atoms with van der Waals surface area (Å²) in [5.74, 6) is 0.104. The van der Waals surface area contributed by atoms with Crippen LogP contribution in [0.2, 0.25) is 0 Å². The topological polar surface area (TPSA) is 51.0 Å². The maximum Gasteiger partial charge on any atom is 0.256 e. The molecule has 6 heteroatoms. The fourth-order valence-corrected chi connectivity index (χ4v) is 4.40. The van der Waals surface area contributed by atoms with Crippen LogP contribution < -0.4 is 0 Å². The highest BCUT2D eigenvalue weighted by atomic mass is 32.1. The molecule has 1 aromatic carbocycles. The van der Waals surface area contributed by atoms with Crippen molar-refractivity contribution < 1.29 is 4.79 Å². The summed E-state index contributed by atoms with van der Waals surface area (Å²) in [7, 11) is 0. The Morgan fingerprint density at radius 2 is 2.12 bits per heavy atom. The SMILES string of the molecule is O=C(c1ccccc1-n1cncn1)N1CCCCC1CCc1cccs1. The number of rotatable bonds is 5. The molecule has 5 nitrogen and oxygen atoms in total. The average Bonchev–Trinajstić information content (AvgIpc) is 3.40. The number of benzene rings is 1. The van der Waals surface area contributed by atoms with E-state index in [9.17, 15) is 4.79 Å². The molecule has 0 N–H and O–H groups in total. The molecule has 1 atom stereocenters. The lowest BCUT2D eigenvalue weighted by Gasteiger charge is -2.36. The van der Waals surface area contributed by atoms with Gasteiger partial charge in [0.25, 0.3) is 5.91 Å². The van der Waals surface area contributed by atoms with E-state index in [-0.39, 0.29) is 5.91 Å². The molecule has 1 aliphatic heterocycles. The van der Waals surface area contributed by atoms with Gasteiger partial charge in [-0.25, -0.2) is 9.67 Å². The lowest BCUT2D eigenvalue weighted by Crippen LogP contribution is -2.44. The third-order valence-corrected chi connectivity index (χ3v) is 5.93. The number of aromatic nitrogens is 3. The molecule has 1 aliphatic rings. The van der Waals surface area contributed by atoms with Gasteiger partial charge in [0, 0.05) is 17.5 Å². The minimum atomic E-state index is 0.104. The van der Waals surface area contributed by atoms with Crippen LogP contribution in [0.25, 0.3) is 5.69 Å². The Kier molecular flexibility index (Phi) is 5.11. The third-order valence-electron chi connectivity index (χ3n) is 4.99. The van der Waals surface area contributed by atoms with Gasteiger partial charge in [-0.3, -0.25) is 4.79 Å². The van der Waals surface area contributed by atoms with Crippen LogP contribution >= 0.6 is 11.3 Å². The van der Waals surface area contributed by atoms with Crippen LogP contribution in [-0.4, -0.2) is 38.2 Å². The first kappa shape index (κ1) is 17.0. The second kappa shape index (κ2) is 7.83. The van der Waals surface area contributed by atoms with E-state index in [2.05, 4.69) is 32.5 Å². The first-order chi connectivity index (χ1) is 12.8. The van der Waals surface area contributed by atoms with Gasteiger partial charge in [-0.15, -0.1) is 11.3 Å². The zero-order valence-electron chi connectivity index (χ0n) is 14.6. The van der Waals surface area contributed by atoms with E-state index in [1.165, 1.54) is 17.6 Å². The number of hydrogen-bond acceptors (Lipinski definition) is 4. The zero-order chi connectivity index (χ0) is 17.8. The molecule has 0 radical (unpaired) electrons. The number of piperidine rings is 1. The molecule has 0 aliphatic carbocycles. The van der Waals surface area contributed by atoms with Crippen LogP contribution in [-0.2, 0) is 6.42 Å². The Balaban J connectivity index is 1.56. The standard InChI is InChI=1S/C20H22N4OS/c25-20(18-8-1-2-9-19(18)24-15-21-14-22-24)23-12-4-3-6-16(23)10-11-17-7-5-13-26-17/h1-2,5,7-9,13-16H,3-4,6,10-12H2. The van der Waals surface area contributed by atoms with Crippen molar-refractivity contribution >= 4 is 17.2 Å². The van der Waals surface area contributed by atoms with E-state index in [0.29, 0.717) is 11.6 Å². The largest absolute Gasteiger partial charge is 0.336 e. The average molecular weight is 366 g/mol. The van der Waals surface area contributed by atoms with E-state index in [0.717, 1.165) is 37.9 Å². The Labute approximate surface area is 157 Å². The fourth-order valence-electron chi connectivity index (χ4n) is 3.67. The summed E-state index contributed by atoms with van der Waals surface area (Å²) in [5, 5.41) is 6.32. The third kappa shape index (κ3) is 3.55. The molecular weight excluding hydrogens is 344 g/mol. The van der Waals surface area contributed by atoms with Gasteiger partial charge in [0.15, 0.2) is 0 Å². The zero-order valence-corrected chi connectivity index (χ0v) is 15.4. The number of aryl methyl sites for hydroxylation is 1. The van der Waals surface area contributed by atoms with Gasteiger partial charge in [-0.1, -0.05) is 18.2 Å². The Hall–Kier alpha value is -2.47. The molecular formula is C20H22N4OS. The lowest BCUT2D eigenvalue weighted by molar-refractivity contribution is 0.0602. The quantitative estimate of drug-likeness (QED) is 0.687. The highest BCUT2D eigenvalue weighted by Gasteiger charge is 2.28. The van der Waals surface area contributed by atoms with Crippen molar-refractivity contribution in [2.45, 2.75) is 38.1 Å². The number of thiophene rings is 1. The van der Waals surface area contributed by atoms with Crippen molar-refractivity contribution in [3.05, 3.63) is 64.9 Å². The molecule has 2 aromatic heterocycles. The maximum atomic E-state index is 13.4. The van der Waals surface area contributed by atoms with Gasteiger partial charge in [0.1, 0.15) is 12.7 Å². The number of carbonyl (C=O) groups excluding carboxylic acids is 1. The molecule has 3 aromatic rings. The van der Waals surface area contributed by atoms with E-state index >= 15 is 0 Å². The van der Waals surface area contributed by atoms with E-state index in [1.807, 2.05) is 24.3 Å². The summed E-state index contributed by atoms with van der Waals surface area (Å²) in [6.07, 6.45) is 8.55. The summed E-state index contributed by atoms with van der Waals surface area (Å²) in [6, 6.07) is 12.2. The molecule has 1 amide bonds. The molecule has 1 saturated heterocycles. The van der Waals surface area contributed by atoms with E-state index in [4.69, 9.17) is 0 Å². The Bertz CT molecular complexity index is 845. The summed E-state index contributed by atoms with van der Waals surface area (Å²) in [4.78, 5) is 20.8. The number of hydrogen-bond donors (Lipinski definition) is 0. The molecule has 134 valence electrons. The summed E-state index contributed by atoms with van der Waals surface area (Å²) >= 11 is 1.80. The van der Waals surface area contributed by atoms with Crippen molar-refractivity contribution in [3.8, 4) is 5.69 Å². The molecule has 26 heavy (non-hydrogen) atoms. The van der Waals surface area contributed by atoms with Crippen LogP contribution in [0.1, 0.15) is 40.9 Å². The Morgan fingerprint density at radius 1 is 1.19 bits per heavy atom. The van der Waals surface area contributed by atoms with Gasteiger partial charge in [0.05, 0.1) is 11.3 Å². The van der Waals surface area contributed by atoms with Crippen molar-refractivity contribution in [1.29, 1.82) is 0 Å². The highest BCUT2D eigenvalue weighted by molar-refractivity contribution is 7.09. The lowest BCUT2D eigenvalue weighted by atomic mass is 9.96. The fraction of sp³-hybridized carbons (Fsp3) is 0.350. The van der Waals surface area contributed by atoms with Crippen LogP contribution in [0.5, 0.6) is 0 Å². The number of nitrogens with zero attached hydrogens (tertiary/aromatic N) is 4. The van der Waals surface area contributed by atoms with Crippen LogP contribution in [0.3, 0.4) is 0 Å². The van der Waals surface area contributed by atoms with E-state index < -0.39 is 0 Å². The second-order valence-electron chi connectivity index (χ2n) is 6.62. The molecule has 3 heterocycles. The maximum absolute atomic E-state index is 13.4. The first-order valence-corrected chi connectivity index (χ1v) is 9.98. The second-order valence-corrected chi connectivity index (χ2v) is 7.66. The first-order valence-electron chi connectivity index (χ1n) is 9.10. The van der Waals surface area contributed by atoms with Gasteiger partial charge in [0.2, 0.25) is 0 Å². The van der Waals surface area contributed by atoms with Gasteiger partial charge >= 0.3 is 0 Å². The number of carbonyl (C=O) groups is 1. The van der Waals surface area contributed by atoms with Crippen molar-refractivity contribution in [2.24, 2.45) is 0 Å². The van der Waals surface area contributed by atoms with Gasteiger partial charge in [-0.05, 0) is 55.7 Å². The predicted octanol–water partition coefficient (Wildman–Crippen LogP) is 3.96. The van der Waals surface area contributed by atoms with Crippen molar-refractivity contribution in [1.82, 2.24) is 19.7 Å². The summed E-state index contributed by atoms with van der Waals surface area (Å²) in [6.45, 7) is 0.833. The van der Waals surface area contributed by atoms with Crippen LogP contribution in [0, 0.1) is 0 Å². The highest BCUT2D eigenvalue weighted by Crippen LogP contribution is 2.26. The normalized spacial score (nSPS) is 17.4. The summed E-state index contributed by atoms with van der Waals surface area (Å²) < 4.78 is 1.66.